The molecule has 0 unspecified atom stereocenters. The van der Waals surface area contributed by atoms with Crippen LogP contribution in [0, 0.1) is 0 Å². The van der Waals surface area contributed by atoms with E-state index in [2.05, 4.69) is 0 Å². The summed E-state index contributed by atoms with van der Waals surface area (Å²) >= 11 is 0. The Balaban J connectivity index is -0.0000000641. The molecule has 0 heterocycles. The van der Waals surface area contributed by atoms with Gasteiger partial charge >= 0.3 is 0 Å². The number of aliphatic carboxylic acids is 3. The second-order valence-corrected chi connectivity index (χ2v) is 2.71. The van der Waals surface area contributed by atoms with Crippen molar-refractivity contribution in [3.8, 4) is 0 Å². The van der Waals surface area contributed by atoms with Gasteiger partial charge in [0.05, 0.1) is 5.97 Å². The van der Waals surface area contributed by atoms with Crippen molar-refractivity contribution in [1.29, 1.82) is 0 Å². The summed E-state index contributed by atoms with van der Waals surface area (Å²) in [6, 6.07) is 0. The number of carboxylic acids is 3. The van der Waals surface area contributed by atoms with Crippen LogP contribution >= 0.6 is 0 Å². The summed E-state index contributed by atoms with van der Waals surface area (Å²) in [5.74, 6) is -5.98. The standard InChI is InChI=1S/C6H8O7.C2H5O.4H3N/c7-3(8)1-6(13,5(11)12)2-4(9)10;1-2-3;;;;/h13H,1-2H2,(H,7,8)(H,9,10)(H,11,12);2H2,1H3;4*1H3/q;-1;;;;/p+1. The molecule has 12 heteroatoms. The van der Waals surface area contributed by atoms with Gasteiger partial charge in [-0.25, -0.2) is 0 Å². The lowest BCUT2D eigenvalue weighted by Crippen LogP contribution is -2.54. The van der Waals surface area contributed by atoms with E-state index >= 15 is 0 Å². The fourth-order valence-electron chi connectivity index (χ4n) is 0.684. The molecule has 126 valence electrons. The molecule has 0 aliphatic heterocycles. The number of hydrogen-bond donors (Lipinski definition) is 5. The van der Waals surface area contributed by atoms with Crippen molar-refractivity contribution in [3.05, 3.63) is 0 Å². The second kappa shape index (κ2) is 17.2. The van der Waals surface area contributed by atoms with Crippen LogP contribution in [0.4, 0.5) is 0 Å². The topological polar surface area (TPSA) is 310 Å². The molecule has 0 aliphatic carbocycles. The van der Waals surface area contributed by atoms with Gasteiger partial charge in [-0.2, -0.15) is 0 Å². The molecule has 0 aromatic carbocycles. The number of carboxylic acid groups (broad SMARTS) is 3. The third-order valence-corrected chi connectivity index (χ3v) is 1.25. The normalized spacial score (nSPS) is 7.95. The number of hydrogen-bond acceptors (Lipinski definition) is 8. The Hall–Kier alpha value is -1.83. The van der Waals surface area contributed by atoms with E-state index in [0.29, 0.717) is 0 Å². The molecule has 0 fully saturated rings. The lowest BCUT2D eigenvalue weighted by atomic mass is 9.96. The summed E-state index contributed by atoms with van der Waals surface area (Å²) in [4.78, 5) is 30.0. The maximum atomic E-state index is 10.1. The van der Waals surface area contributed by atoms with Gasteiger partial charge < -0.3 is 64.5 Å². The van der Waals surface area contributed by atoms with Crippen molar-refractivity contribution in [3.63, 3.8) is 0 Å². The predicted octanol–water partition coefficient (Wildman–Crippen LogP) is -4.38. The monoisotopic (exact) mass is 306 g/mol. The van der Waals surface area contributed by atoms with Crippen LogP contribution < -0.4 is 45.0 Å². The molecular weight excluding hydrogens is 280 g/mol. The maximum absolute atomic E-state index is 10.1. The van der Waals surface area contributed by atoms with Crippen LogP contribution in [0.3, 0.4) is 0 Å². The Morgan fingerprint density at radius 3 is 1.20 bits per heavy atom. The van der Waals surface area contributed by atoms with E-state index in [1.54, 1.807) is 6.92 Å². The molecule has 0 rings (SSSR count). The average Bonchev–Trinajstić information content (AvgIpc) is 2.01. The van der Waals surface area contributed by atoms with Crippen LogP contribution in [-0.2, 0) is 14.4 Å². The molecule has 17 N–H and O–H groups in total. The van der Waals surface area contributed by atoms with Crippen LogP contribution in [0.2, 0.25) is 0 Å². The Morgan fingerprint density at radius 2 is 1.10 bits per heavy atom. The van der Waals surface area contributed by atoms with Gasteiger partial charge in [-0.3, -0.25) is 0 Å². The first kappa shape index (κ1) is 36.2. The zero-order valence-corrected chi connectivity index (χ0v) is 12.4. The summed E-state index contributed by atoms with van der Waals surface area (Å²) in [5, 5.41) is 47.9. The molecule has 0 amide bonds. The first-order chi connectivity index (χ1) is 7.19. The molecule has 0 atom stereocenters. The Bertz CT molecular complexity index is 257. The zero-order valence-electron chi connectivity index (χ0n) is 12.4. The summed E-state index contributed by atoms with van der Waals surface area (Å²) in [5.41, 5.74) is -2.97. The van der Waals surface area contributed by atoms with Gasteiger partial charge in [0.1, 0.15) is 5.60 Å². The highest BCUT2D eigenvalue weighted by atomic mass is 16.4. The van der Waals surface area contributed by atoms with E-state index < -0.39 is 36.4 Å². The van der Waals surface area contributed by atoms with Crippen LogP contribution in [0.5, 0.6) is 0 Å². The molecule has 0 aromatic heterocycles. The number of rotatable bonds is 5. The lowest BCUT2D eigenvalue weighted by Gasteiger charge is -2.29. The Morgan fingerprint density at radius 1 is 0.900 bits per heavy atom. The lowest BCUT2D eigenvalue weighted by molar-refractivity contribution is -0.361. The summed E-state index contributed by atoms with van der Waals surface area (Å²) in [6.07, 6.45) is -2.72. The van der Waals surface area contributed by atoms with Crippen LogP contribution in [0.15, 0.2) is 0 Å². The first-order valence-corrected chi connectivity index (χ1v) is 4.11. The van der Waals surface area contributed by atoms with Crippen LogP contribution in [0.25, 0.3) is 0 Å². The van der Waals surface area contributed by atoms with Crippen molar-refractivity contribution >= 4 is 17.9 Å². The van der Waals surface area contributed by atoms with Crippen LogP contribution in [0.1, 0.15) is 19.8 Å². The molecule has 0 spiro atoms. The molecule has 0 saturated carbocycles. The van der Waals surface area contributed by atoms with Gasteiger partial charge in [0.2, 0.25) is 0 Å². The van der Waals surface area contributed by atoms with E-state index in [-0.39, 0.29) is 31.2 Å². The molecule has 0 saturated heterocycles. The Labute approximate surface area is 115 Å². The van der Waals surface area contributed by atoms with Crippen molar-refractivity contribution in [2.45, 2.75) is 25.4 Å². The first-order valence-electron chi connectivity index (χ1n) is 4.11. The molecule has 0 aromatic rings. The van der Waals surface area contributed by atoms with E-state index in [1.807, 2.05) is 0 Å². The average molecular weight is 306 g/mol. The SMILES string of the molecule is CC[O-].O=C([O-])CC(O)(CC(=O)[O-])C(=O)[O-].[NH4+].[NH4+].[NH4+].[NH4+]. The van der Waals surface area contributed by atoms with Gasteiger partial charge in [0.25, 0.3) is 0 Å². The van der Waals surface area contributed by atoms with Crippen molar-refractivity contribution in [1.82, 2.24) is 24.6 Å². The number of aliphatic hydroxyl groups is 1. The fraction of sp³-hybridized carbons (Fsp3) is 0.625. The smallest absolute Gasteiger partial charge is 0.114 e. The van der Waals surface area contributed by atoms with Crippen LogP contribution in [-0.4, -0.2) is 35.2 Å². The van der Waals surface area contributed by atoms with Crippen molar-refractivity contribution < 1.29 is 39.9 Å². The van der Waals surface area contributed by atoms with Crippen molar-refractivity contribution in [2.75, 3.05) is 6.61 Å². The molecule has 0 aliphatic rings. The zero-order chi connectivity index (χ0) is 13.4. The van der Waals surface area contributed by atoms with Gasteiger partial charge in [0, 0.05) is 24.8 Å². The highest BCUT2D eigenvalue weighted by Crippen LogP contribution is 2.13. The second-order valence-electron chi connectivity index (χ2n) is 2.71. The quantitative estimate of drug-likeness (QED) is 0.329. The summed E-state index contributed by atoms with van der Waals surface area (Å²) < 4.78 is 0. The molecule has 12 nitrogen and oxygen atoms in total. The minimum absolute atomic E-state index is 0. The van der Waals surface area contributed by atoms with E-state index in [9.17, 15) is 29.7 Å². The highest BCUT2D eigenvalue weighted by Gasteiger charge is 2.29. The third-order valence-electron chi connectivity index (χ3n) is 1.25. The third kappa shape index (κ3) is 18.5. The van der Waals surface area contributed by atoms with Gasteiger partial charge in [-0.05, 0) is 0 Å². The Kier molecular flexibility index (Phi) is 31.0. The molecule has 20 heavy (non-hydrogen) atoms. The highest BCUT2D eigenvalue weighted by molar-refractivity contribution is 5.86. The van der Waals surface area contributed by atoms with Gasteiger partial charge in [-0.1, -0.05) is 6.92 Å². The largest absolute Gasteiger partial charge is 0.855 e. The van der Waals surface area contributed by atoms with Gasteiger partial charge in [0.15, 0.2) is 0 Å². The van der Waals surface area contributed by atoms with E-state index in [4.69, 9.17) is 10.2 Å². The molecule has 0 radical (unpaired) electrons. The summed E-state index contributed by atoms with van der Waals surface area (Å²) in [7, 11) is 0. The molecule has 0 bridgehead atoms. The predicted molar refractivity (Wildman–Crippen MR) is 63.7 cm³/mol. The van der Waals surface area contributed by atoms with Crippen molar-refractivity contribution in [2.24, 2.45) is 0 Å². The van der Waals surface area contributed by atoms with E-state index in [1.165, 1.54) is 0 Å². The fourth-order valence-corrected chi connectivity index (χ4v) is 0.684. The van der Waals surface area contributed by atoms with Gasteiger partial charge in [-0.15, -0.1) is 6.61 Å². The maximum Gasteiger partial charge on any atom is 0.114 e. The minimum atomic E-state index is -2.97. The van der Waals surface area contributed by atoms with E-state index in [0.717, 1.165) is 0 Å². The minimum Gasteiger partial charge on any atom is -0.855 e. The summed E-state index contributed by atoms with van der Waals surface area (Å²) in [6.45, 7) is 1.57. The number of carbonyl (C=O) groups excluding carboxylic acids is 3. The molecular formula is C8H26N4O8. The number of carbonyl (C=O) groups is 3. The number of quaternary nitrogens is 4.